The highest BCUT2D eigenvalue weighted by Crippen LogP contribution is 2.26. The van der Waals surface area contributed by atoms with Crippen molar-refractivity contribution in [3.8, 4) is 5.75 Å². The van der Waals surface area contributed by atoms with Crippen LogP contribution in [0.2, 0.25) is 0 Å². The Bertz CT molecular complexity index is 888. The molecule has 2 aromatic rings. The van der Waals surface area contributed by atoms with Crippen LogP contribution in [0.5, 0.6) is 5.75 Å². The molecule has 0 atom stereocenters. The summed E-state index contributed by atoms with van der Waals surface area (Å²) in [6, 6.07) is 13.0. The van der Waals surface area contributed by atoms with Crippen molar-refractivity contribution in [1.29, 1.82) is 0 Å². The molecule has 0 unspecified atom stereocenters. The van der Waals surface area contributed by atoms with Gasteiger partial charge in [0.1, 0.15) is 5.75 Å². The standard InChI is InChI=1S/C23H24O5/c1-16(23(26)27-15-20(24)18-9-3-2-4-10-18)14-22(25)28-21-13-7-11-17-8-5-6-12-19(17)21/h5-8,11-13,18H,1-4,9-10,14-15H2. The third-order valence-corrected chi connectivity index (χ3v) is 5.03. The van der Waals surface area contributed by atoms with Gasteiger partial charge in [-0.3, -0.25) is 9.59 Å². The Morgan fingerprint density at radius 3 is 2.46 bits per heavy atom. The van der Waals surface area contributed by atoms with Crippen LogP contribution in [0.4, 0.5) is 0 Å². The van der Waals surface area contributed by atoms with Gasteiger partial charge in [-0.1, -0.05) is 62.2 Å². The zero-order valence-corrected chi connectivity index (χ0v) is 15.8. The molecule has 0 aliphatic heterocycles. The van der Waals surface area contributed by atoms with Crippen molar-refractivity contribution in [2.75, 3.05) is 6.61 Å². The van der Waals surface area contributed by atoms with Crippen molar-refractivity contribution in [3.05, 3.63) is 54.6 Å². The van der Waals surface area contributed by atoms with Gasteiger partial charge in [0.25, 0.3) is 0 Å². The smallest absolute Gasteiger partial charge is 0.334 e. The molecular weight excluding hydrogens is 356 g/mol. The summed E-state index contributed by atoms with van der Waals surface area (Å²) in [5.41, 5.74) is -0.0262. The Kier molecular flexibility index (Phi) is 6.58. The van der Waals surface area contributed by atoms with E-state index in [9.17, 15) is 14.4 Å². The number of ketones is 1. The van der Waals surface area contributed by atoms with Gasteiger partial charge in [-0.25, -0.2) is 4.79 Å². The summed E-state index contributed by atoms with van der Waals surface area (Å²) in [5.74, 6) is -0.988. The van der Waals surface area contributed by atoms with Crippen molar-refractivity contribution < 1.29 is 23.9 Å². The lowest BCUT2D eigenvalue weighted by Gasteiger charge is -2.20. The fourth-order valence-corrected chi connectivity index (χ4v) is 3.47. The maximum atomic E-state index is 12.2. The van der Waals surface area contributed by atoms with Gasteiger partial charge in [-0.05, 0) is 24.3 Å². The molecule has 0 amide bonds. The molecule has 0 saturated heterocycles. The number of hydrogen-bond donors (Lipinski definition) is 0. The van der Waals surface area contributed by atoms with Crippen molar-refractivity contribution >= 4 is 28.5 Å². The van der Waals surface area contributed by atoms with Gasteiger partial charge < -0.3 is 9.47 Å². The number of carbonyl (C=O) groups is 3. The minimum Gasteiger partial charge on any atom is -0.454 e. The van der Waals surface area contributed by atoms with E-state index in [4.69, 9.17) is 9.47 Å². The monoisotopic (exact) mass is 380 g/mol. The minimum atomic E-state index is -0.737. The van der Waals surface area contributed by atoms with Crippen LogP contribution in [0.3, 0.4) is 0 Å². The minimum absolute atomic E-state index is 0.0221. The SMILES string of the molecule is C=C(CC(=O)Oc1cccc2ccccc12)C(=O)OCC(=O)C1CCCCC1. The predicted octanol–water partition coefficient (Wildman–Crippen LogP) is 4.38. The van der Waals surface area contributed by atoms with Crippen molar-refractivity contribution in [3.63, 3.8) is 0 Å². The van der Waals surface area contributed by atoms with E-state index in [0.29, 0.717) is 5.75 Å². The van der Waals surface area contributed by atoms with E-state index < -0.39 is 11.9 Å². The second-order valence-electron chi connectivity index (χ2n) is 7.11. The number of ether oxygens (including phenoxy) is 2. The van der Waals surface area contributed by atoms with Crippen LogP contribution in [0.1, 0.15) is 38.5 Å². The van der Waals surface area contributed by atoms with Crippen LogP contribution in [0.15, 0.2) is 54.6 Å². The van der Waals surface area contributed by atoms with Crippen LogP contribution in [-0.2, 0) is 19.1 Å². The highest BCUT2D eigenvalue weighted by molar-refractivity contribution is 5.96. The number of esters is 2. The first kappa shape index (κ1) is 19.8. The molecule has 0 aromatic heterocycles. The highest BCUT2D eigenvalue weighted by atomic mass is 16.5. The molecule has 5 heteroatoms. The van der Waals surface area contributed by atoms with E-state index in [2.05, 4.69) is 6.58 Å². The molecule has 0 N–H and O–H groups in total. The molecule has 0 spiro atoms. The maximum absolute atomic E-state index is 12.2. The van der Waals surface area contributed by atoms with E-state index in [1.807, 2.05) is 30.3 Å². The van der Waals surface area contributed by atoms with Gasteiger partial charge in [0, 0.05) is 16.9 Å². The Labute approximate surface area is 164 Å². The van der Waals surface area contributed by atoms with E-state index in [0.717, 1.165) is 42.9 Å². The zero-order valence-electron chi connectivity index (χ0n) is 15.8. The van der Waals surface area contributed by atoms with E-state index in [1.165, 1.54) is 0 Å². The van der Waals surface area contributed by atoms with Gasteiger partial charge in [-0.15, -0.1) is 0 Å². The Morgan fingerprint density at radius 2 is 1.68 bits per heavy atom. The summed E-state index contributed by atoms with van der Waals surface area (Å²) in [6.45, 7) is 3.34. The molecule has 1 aliphatic rings. The van der Waals surface area contributed by atoms with Crippen LogP contribution >= 0.6 is 0 Å². The van der Waals surface area contributed by atoms with Crippen molar-refractivity contribution in [2.45, 2.75) is 38.5 Å². The van der Waals surface area contributed by atoms with E-state index in [1.54, 1.807) is 12.1 Å². The average molecular weight is 380 g/mol. The lowest BCUT2D eigenvalue weighted by molar-refractivity contribution is -0.146. The largest absolute Gasteiger partial charge is 0.454 e. The van der Waals surface area contributed by atoms with Gasteiger partial charge in [-0.2, -0.15) is 0 Å². The molecule has 0 bridgehead atoms. The van der Waals surface area contributed by atoms with E-state index in [-0.39, 0.29) is 30.3 Å². The fraction of sp³-hybridized carbons (Fsp3) is 0.348. The van der Waals surface area contributed by atoms with Gasteiger partial charge in [0.15, 0.2) is 12.4 Å². The molecule has 0 heterocycles. The van der Waals surface area contributed by atoms with Crippen LogP contribution in [0.25, 0.3) is 10.8 Å². The first-order valence-corrected chi connectivity index (χ1v) is 9.60. The third kappa shape index (κ3) is 5.06. The third-order valence-electron chi connectivity index (χ3n) is 5.03. The molecule has 28 heavy (non-hydrogen) atoms. The highest BCUT2D eigenvalue weighted by Gasteiger charge is 2.23. The summed E-state index contributed by atoms with van der Waals surface area (Å²) >= 11 is 0. The predicted molar refractivity (Wildman–Crippen MR) is 106 cm³/mol. The zero-order chi connectivity index (χ0) is 19.9. The molecule has 1 fully saturated rings. The molecule has 2 aromatic carbocycles. The second kappa shape index (κ2) is 9.31. The van der Waals surface area contributed by atoms with Crippen molar-refractivity contribution in [2.24, 2.45) is 5.92 Å². The van der Waals surface area contributed by atoms with E-state index >= 15 is 0 Å². The molecule has 1 saturated carbocycles. The Balaban J connectivity index is 1.50. The first-order chi connectivity index (χ1) is 13.5. The summed E-state index contributed by atoms with van der Waals surface area (Å²) in [7, 11) is 0. The number of Topliss-reactive ketones (excluding diaryl/α,β-unsaturated/α-hetero) is 1. The number of hydrogen-bond acceptors (Lipinski definition) is 5. The molecule has 5 nitrogen and oxygen atoms in total. The quantitative estimate of drug-likeness (QED) is 0.405. The van der Waals surface area contributed by atoms with Gasteiger partial charge in [0.05, 0.1) is 6.42 Å². The van der Waals surface area contributed by atoms with Crippen molar-refractivity contribution in [1.82, 2.24) is 0 Å². The van der Waals surface area contributed by atoms with Crippen LogP contribution in [-0.4, -0.2) is 24.3 Å². The maximum Gasteiger partial charge on any atom is 0.334 e. The number of fused-ring (bicyclic) bond motifs is 1. The number of benzene rings is 2. The van der Waals surface area contributed by atoms with Gasteiger partial charge in [0.2, 0.25) is 0 Å². The molecule has 0 radical (unpaired) electrons. The topological polar surface area (TPSA) is 69.7 Å². The summed E-state index contributed by atoms with van der Waals surface area (Å²) in [4.78, 5) is 36.4. The number of rotatable bonds is 7. The summed E-state index contributed by atoms with van der Waals surface area (Å²) < 4.78 is 10.4. The fourth-order valence-electron chi connectivity index (χ4n) is 3.47. The lowest BCUT2D eigenvalue weighted by atomic mass is 9.86. The van der Waals surface area contributed by atoms with Gasteiger partial charge >= 0.3 is 11.9 Å². The first-order valence-electron chi connectivity index (χ1n) is 9.60. The Hall–Kier alpha value is -2.95. The number of carbonyl (C=O) groups excluding carboxylic acids is 3. The molecular formula is C23H24O5. The normalized spacial score (nSPS) is 14.4. The summed E-state index contributed by atoms with van der Waals surface area (Å²) in [6.07, 6.45) is 4.65. The van der Waals surface area contributed by atoms with Crippen LogP contribution < -0.4 is 4.74 Å². The molecule has 3 rings (SSSR count). The van der Waals surface area contributed by atoms with Crippen LogP contribution in [0, 0.1) is 5.92 Å². The lowest BCUT2D eigenvalue weighted by Crippen LogP contribution is -2.24. The molecule has 146 valence electrons. The second-order valence-corrected chi connectivity index (χ2v) is 7.11. The average Bonchev–Trinajstić information content (AvgIpc) is 2.72. The Morgan fingerprint density at radius 1 is 0.964 bits per heavy atom. The summed E-state index contributed by atoms with van der Waals surface area (Å²) in [5, 5.41) is 1.76. The molecule has 1 aliphatic carbocycles.